The van der Waals surface area contributed by atoms with Crippen molar-refractivity contribution in [3.05, 3.63) is 104 Å². The van der Waals surface area contributed by atoms with Gasteiger partial charge in [-0.2, -0.15) is 0 Å². The van der Waals surface area contributed by atoms with Gasteiger partial charge in [0, 0.05) is 102 Å². The van der Waals surface area contributed by atoms with E-state index in [1.54, 1.807) is 43.8 Å². The number of nitrogens with zero attached hydrogens (tertiary/aromatic N) is 3. The van der Waals surface area contributed by atoms with Crippen LogP contribution in [-0.4, -0.2) is 58.5 Å². The molecule has 0 radical (unpaired) electrons. The lowest BCUT2D eigenvalue weighted by Gasteiger charge is -2.16. The second-order valence-electron chi connectivity index (χ2n) is 12.9. The molecule has 0 aliphatic carbocycles. The highest BCUT2D eigenvalue weighted by Crippen LogP contribution is 2.44. The summed E-state index contributed by atoms with van der Waals surface area (Å²) in [5, 5.41) is 13.8. The lowest BCUT2D eigenvalue weighted by molar-refractivity contribution is -0.120. The molecular weight excluding hydrogens is 725 g/mol. The first-order valence-corrected chi connectivity index (χ1v) is 18.1. The van der Waals surface area contributed by atoms with Crippen LogP contribution in [0.4, 0.5) is 0 Å². The minimum Gasteiger partial charge on any atom is -0.481 e. The maximum atomic E-state index is 13.3. The van der Waals surface area contributed by atoms with Crippen LogP contribution < -0.4 is 31.6 Å². The van der Waals surface area contributed by atoms with E-state index in [1.807, 2.05) is 30.3 Å². The van der Waals surface area contributed by atoms with Crippen molar-refractivity contribution < 1.29 is 14.3 Å². The molecule has 3 aromatic heterocycles. The van der Waals surface area contributed by atoms with E-state index in [1.165, 1.54) is 4.40 Å². The number of aromatic nitrogens is 3. The number of methoxy groups -OCH3 is 1. The summed E-state index contributed by atoms with van der Waals surface area (Å²) < 4.78 is 7.14. The molecule has 2 aliphatic rings. The third kappa shape index (κ3) is 7.65. The van der Waals surface area contributed by atoms with E-state index in [9.17, 15) is 14.4 Å². The second-order valence-corrected chi connectivity index (χ2v) is 14.1. The van der Waals surface area contributed by atoms with Crippen molar-refractivity contribution in [2.75, 3.05) is 20.2 Å². The molecular formula is C38H36Cl3N7O4. The van der Waals surface area contributed by atoms with Crippen molar-refractivity contribution >= 4 is 52.3 Å². The summed E-state index contributed by atoms with van der Waals surface area (Å²) in [7, 11) is 1.58. The molecule has 2 fully saturated rings. The van der Waals surface area contributed by atoms with Crippen molar-refractivity contribution in [3.63, 3.8) is 0 Å². The zero-order valence-electron chi connectivity index (χ0n) is 28.3. The maximum Gasteiger partial charge on any atom is 0.262 e. The Kier molecular flexibility index (Phi) is 10.8. The van der Waals surface area contributed by atoms with Crippen molar-refractivity contribution in [1.29, 1.82) is 0 Å². The second kappa shape index (κ2) is 15.6. The van der Waals surface area contributed by atoms with Gasteiger partial charge in [0.25, 0.3) is 5.56 Å². The molecule has 2 aliphatic heterocycles. The summed E-state index contributed by atoms with van der Waals surface area (Å²) in [4.78, 5) is 45.6. The predicted molar refractivity (Wildman–Crippen MR) is 203 cm³/mol. The molecule has 0 spiro atoms. The van der Waals surface area contributed by atoms with Crippen molar-refractivity contribution in [3.8, 4) is 39.4 Å². The lowest BCUT2D eigenvalue weighted by Crippen LogP contribution is -2.36. The largest absolute Gasteiger partial charge is 0.481 e. The maximum absolute atomic E-state index is 13.3. The lowest BCUT2D eigenvalue weighted by atomic mass is 9.97. The fraction of sp³-hybridized carbons (Fsp3) is 0.289. The summed E-state index contributed by atoms with van der Waals surface area (Å²) >= 11 is 20.9. The van der Waals surface area contributed by atoms with Gasteiger partial charge in [0.1, 0.15) is 5.65 Å². The molecule has 268 valence electrons. The average Bonchev–Trinajstić information content (AvgIpc) is 3.76. The number of nitrogens with one attached hydrogen (secondary N) is 4. The Morgan fingerprint density at radius 1 is 0.808 bits per heavy atom. The normalized spacial score (nSPS) is 17.1. The van der Waals surface area contributed by atoms with E-state index in [2.05, 4.69) is 26.3 Å². The minimum atomic E-state index is -0.186. The summed E-state index contributed by atoms with van der Waals surface area (Å²) in [6.45, 7) is 2.09. The van der Waals surface area contributed by atoms with E-state index in [0.29, 0.717) is 99.1 Å². The van der Waals surface area contributed by atoms with Crippen LogP contribution >= 0.6 is 34.8 Å². The van der Waals surface area contributed by atoms with Crippen LogP contribution in [-0.2, 0) is 22.7 Å². The van der Waals surface area contributed by atoms with Gasteiger partial charge in [-0.05, 0) is 48.7 Å². The molecule has 2 aromatic carbocycles. The number of pyridine rings is 2. The molecule has 7 rings (SSSR count). The Balaban J connectivity index is 1.13. The summed E-state index contributed by atoms with van der Waals surface area (Å²) in [5.74, 6) is 0.606. The van der Waals surface area contributed by atoms with Crippen LogP contribution in [0, 0.1) is 0 Å². The molecule has 0 unspecified atom stereocenters. The third-order valence-corrected chi connectivity index (χ3v) is 10.4. The molecule has 14 heteroatoms. The number of ether oxygens (including phenoxy) is 1. The molecule has 2 atom stereocenters. The topological polar surface area (TPSA) is 139 Å². The molecule has 5 aromatic rings. The highest BCUT2D eigenvalue weighted by molar-refractivity contribution is 6.40. The highest BCUT2D eigenvalue weighted by Gasteiger charge is 2.22. The van der Waals surface area contributed by atoms with Gasteiger partial charge in [0.2, 0.25) is 17.7 Å². The third-order valence-electron chi connectivity index (χ3n) is 9.41. The molecule has 2 saturated heterocycles. The van der Waals surface area contributed by atoms with Gasteiger partial charge in [-0.25, -0.2) is 9.97 Å². The Morgan fingerprint density at radius 3 is 2.13 bits per heavy atom. The molecule has 52 heavy (non-hydrogen) atoms. The fourth-order valence-corrected chi connectivity index (χ4v) is 7.55. The van der Waals surface area contributed by atoms with Gasteiger partial charge in [0.05, 0.1) is 22.8 Å². The van der Waals surface area contributed by atoms with Crippen LogP contribution in [0.5, 0.6) is 5.88 Å². The van der Waals surface area contributed by atoms with E-state index in [-0.39, 0.29) is 29.5 Å². The zero-order valence-corrected chi connectivity index (χ0v) is 30.5. The number of fused-ring (bicyclic) bond motifs is 1. The quantitative estimate of drug-likeness (QED) is 0.125. The Morgan fingerprint density at radius 2 is 1.46 bits per heavy atom. The Hall–Kier alpha value is -4.52. The van der Waals surface area contributed by atoms with E-state index in [4.69, 9.17) is 44.5 Å². The van der Waals surface area contributed by atoms with Gasteiger partial charge >= 0.3 is 0 Å². The Labute approximate surface area is 315 Å². The van der Waals surface area contributed by atoms with Crippen LogP contribution in [0.1, 0.15) is 36.8 Å². The number of carbonyl (C=O) groups is 2. The molecule has 0 bridgehead atoms. The monoisotopic (exact) mass is 759 g/mol. The molecule has 4 N–H and O–H groups in total. The number of amides is 2. The minimum absolute atomic E-state index is 0.0526. The molecule has 5 heterocycles. The predicted octanol–water partition coefficient (Wildman–Crippen LogP) is 5.80. The zero-order chi connectivity index (χ0) is 36.4. The van der Waals surface area contributed by atoms with Crippen LogP contribution in [0.2, 0.25) is 15.1 Å². The first-order chi connectivity index (χ1) is 25.2. The SMILES string of the molecule is COc1nc(-c2cccc(-c3cc(Cl)cc(-c4ccn5c(=O)c(CNC[C@@H]6CCC(=O)N6)cnc5c4)c3Cl)c2Cl)ccc1CNC[C@@H]1CCC(=O)N1. The van der Waals surface area contributed by atoms with Crippen molar-refractivity contribution in [1.82, 2.24) is 35.6 Å². The number of benzene rings is 2. The summed E-state index contributed by atoms with van der Waals surface area (Å²) in [6.07, 6.45) is 5.92. The number of carbonyl (C=O) groups excluding carboxylic acids is 2. The number of hydrogen-bond acceptors (Lipinski definition) is 8. The Bertz CT molecular complexity index is 2250. The van der Waals surface area contributed by atoms with Gasteiger partial charge < -0.3 is 26.0 Å². The van der Waals surface area contributed by atoms with Gasteiger partial charge in [-0.3, -0.25) is 18.8 Å². The van der Waals surface area contributed by atoms with E-state index < -0.39 is 0 Å². The average molecular weight is 761 g/mol. The first kappa shape index (κ1) is 35.9. The first-order valence-electron chi connectivity index (χ1n) is 17.0. The van der Waals surface area contributed by atoms with Crippen LogP contribution in [0.15, 0.2) is 71.8 Å². The standard InChI is InChI=1S/C38H36Cl3N7O4/c1-52-37-22(16-42-19-25-6-9-33(49)45-25)5-8-31(47-37)28-4-2-3-27(35(28)40)30-15-24(39)14-29(36(30)41)21-11-12-48-32(13-21)44-18-23(38(48)51)17-43-20-26-7-10-34(50)46-26/h2-5,8,11-15,18,25-26,42-43H,6-7,9-10,16-17,19-20H2,1H3,(H,45,49)(H,46,50)/t25-,26-/m0/s1. The van der Waals surface area contributed by atoms with E-state index in [0.717, 1.165) is 24.0 Å². The molecule has 0 saturated carbocycles. The smallest absolute Gasteiger partial charge is 0.262 e. The number of halogens is 3. The fourth-order valence-electron chi connectivity index (χ4n) is 6.69. The van der Waals surface area contributed by atoms with Crippen molar-refractivity contribution in [2.45, 2.75) is 50.9 Å². The van der Waals surface area contributed by atoms with Gasteiger partial charge in [0.15, 0.2) is 0 Å². The summed E-state index contributed by atoms with van der Waals surface area (Å²) in [5.41, 5.74) is 5.65. The molecule has 2 amide bonds. The van der Waals surface area contributed by atoms with Crippen molar-refractivity contribution in [2.24, 2.45) is 0 Å². The number of hydrogen-bond donors (Lipinski definition) is 4. The van der Waals surface area contributed by atoms with Gasteiger partial charge in [-0.15, -0.1) is 0 Å². The van der Waals surface area contributed by atoms with Crippen LogP contribution in [0.25, 0.3) is 39.2 Å². The van der Waals surface area contributed by atoms with Gasteiger partial charge in [-0.1, -0.05) is 59.1 Å². The highest BCUT2D eigenvalue weighted by atomic mass is 35.5. The molecule has 11 nitrogen and oxygen atoms in total. The van der Waals surface area contributed by atoms with Crippen LogP contribution in [0.3, 0.4) is 0 Å². The number of rotatable bonds is 12. The van der Waals surface area contributed by atoms with E-state index >= 15 is 0 Å². The summed E-state index contributed by atoms with van der Waals surface area (Å²) in [6, 6.07) is 16.8.